The highest BCUT2D eigenvalue weighted by Gasteiger charge is 2.38. The Balaban J connectivity index is 2.29. The first-order valence-electron chi connectivity index (χ1n) is 6.93. The third kappa shape index (κ3) is 3.24. The van der Waals surface area contributed by atoms with Gasteiger partial charge in [0, 0.05) is 12.1 Å². The van der Waals surface area contributed by atoms with Crippen molar-refractivity contribution in [3.8, 4) is 0 Å². The maximum atomic E-state index is 12.0. The SMILES string of the molecule is CCNS(=O)(=O)c1ccc(N)c(NC(C)(C)C2CC2)c1. The quantitative estimate of drug-likeness (QED) is 0.703. The molecule has 2 rings (SSSR count). The summed E-state index contributed by atoms with van der Waals surface area (Å²) in [7, 11) is -3.46. The molecule has 1 fully saturated rings. The van der Waals surface area contributed by atoms with E-state index in [1.165, 1.54) is 18.9 Å². The zero-order chi connectivity index (χ0) is 15.0. The van der Waals surface area contributed by atoms with Crippen LogP contribution in [0.4, 0.5) is 11.4 Å². The van der Waals surface area contributed by atoms with E-state index in [9.17, 15) is 8.42 Å². The van der Waals surface area contributed by atoms with Gasteiger partial charge < -0.3 is 11.1 Å². The van der Waals surface area contributed by atoms with Crippen LogP contribution in [0.2, 0.25) is 0 Å². The summed E-state index contributed by atoms with van der Waals surface area (Å²) in [6, 6.07) is 4.77. The van der Waals surface area contributed by atoms with E-state index < -0.39 is 10.0 Å². The molecule has 1 aliphatic carbocycles. The maximum absolute atomic E-state index is 12.0. The second-order valence-electron chi connectivity index (χ2n) is 5.87. The smallest absolute Gasteiger partial charge is 0.240 e. The van der Waals surface area contributed by atoms with Crippen LogP contribution in [0.15, 0.2) is 23.1 Å². The lowest BCUT2D eigenvalue weighted by atomic mass is 9.98. The van der Waals surface area contributed by atoms with Crippen molar-refractivity contribution in [1.82, 2.24) is 4.72 Å². The van der Waals surface area contributed by atoms with Crippen LogP contribution in [0.5, 0.6) is 0 Å². The first kappa shape index (κ1) is 15.1. The van der Waals surface area contributed by atoms with Gasteiger partial charge >= 0.3 is 0 Å². The van der Waals surface area contributed by atoms with Crippen molar-refractivity contribution in [2.45, 2.75) is 44.0 Å². The minimum atomic E-state index is -3.46. The molecular formula is C14H23N3O2S. The predicted molar refractivity (Wildman–Crippen MR) is 82.1 cm³/mol. The van der Waals surface area contributed by atoms with Gasteiger partial charge in [0.25, 0.3) is 0 Å². The number of hydrogen-bond donors (Lipinski definition) is 3. The average molecular weight is 297 g/mol. The highest BCUT2D eigenvalue weighted by atomic mass is 32.2. The van der Waals surface area contributed by atoms with Crippen molar-refractivity contribution in [1.29, 1.82) is 0 Å². The number of sulfonamides is 1. The minimum absolute atomic E-state index is 0.0747. The van der Waals surface area contributed by atoms with Crippen LogP contribution in [0, 0.1) is 5.92 Å². The highest BCUT2D eigenvalue weighted by molar-refractivity contribution is 7.89. The number of hydrogen-bond acceptors (Lipinski definition) is 4. The molecular weight excluding hydrogens is 274 g/mol. The van der Waals surface area contributed by atoms with Crippen LogP contribution in [0.3, 0.4) is 0 Å². The van der Waals surface area contributed by atoms with Gasteiger partial charge in [-0.05, 0) is 50.8 Å². The standard InChI is InChI=1S/C14H23N3O2S/c1-4-16-20(18,19)11-7-8-12(15)13(9-11)17-14(2,3)10-5-6-10/h7-10,16-17H,4-6,15H2,1-3H3. The maximum Gasteiger partial charge on any atom is 0.240 e. The molecule has 0 saturated heterocycles. The fourth-order valence-electron chi connectivity index (χ4n) is 2.34. The molecule has 20 heavy (non-hydrogen) atoms. The van der Waals surface area contributed by atoms with E-state index in [0.717, 1.165) is 0 Å². The lowest BCUT2D eigenvalue weighted by Crippen LogP contribution is -2.33. The Kier molecular flexibility index (Phi) is 3.97. The summed E-state index contributed by atoms with van der Waals surface area (Å²) in [6.07, 6.45) is 2.41. The second kappa shape index (κ2) is 5.26. The van der Waals surface area contributed by atoms with E-state index in [2.05, 4.69) is 23.9 Å². The first-order valence-corrected chi connectivity index (χ1v) is 8.42. The molecule has 1 aliphatic rings. The fraction of sp³-hybridized carbons (Fsp3) is 0.571. The van der Waals surface area contributed by atoms with E-state index >= 15 is 0 Å². The molecule has 0 unspecified atom stereocenters. The summed E-state index contributed by atoms with van der Waals surface area (Å²) in [6.45, 7) is 6.36. The van der Waals surface area contributed by atoms with Crippen LogP contribution in [0.1, 0.15) is 33.6 Å². The largest absolute Gasteiger partial charge is 0.397 e. The topological polar surface area (TPSA) is 84.2 Å². The van der Waals surface area contributed by atoms with Crippen molar-refractivity contribution in [2.75, 3.05) is 17.6 Å². The molecule has 0 radical (unpaired) electrons. The average Bonchev–Trinajstić information content (AvgIpc) is 3.15. The number of rotatable bonds is 6. The van der Waals surface area contributed by atoms with E-state index in [-0.39, 0.29) is 10.4 Å². The molecule has 5 nitrogen and oxygen atoms in total. The molecule has 0 bridgehead atoms. The van der Waals surface area contributed by atoms with E-state index in [4.69, 9.17) is 5.73 Å². The van der Waals surface area contributed by atoms with Gasteiger partial charge in [-0.15, -0.1) is 0 Å². The third-order valence-electron chi connectivity index (χ3n) is 3.72. The minimum Gasteiger partial charge on any atom is -0.397 e. The fourth-order valence-corrected chi connectivity index (χ4v) is 3.41. The molecule has 0 spiro atoms. The molecule has 0 amide bonds. The monoisotopic (exact) mass is 297 g/mol. The molecule has 0 heterocycles. The first-order chi connectivity index (χ1) is 9.26. The molecule has 4 N–H and O–H groups in total. The van der Waals surface area contributed by atoms with E-state index in [0.29, 0.717) is 23.8 Å². The van der Waals surface area contributed by atoms with E-state index in [1.807, 2.05) is 0 Å². The zero-order valence-electron chi connectivity index (χ0n) is 12.2. The summed E-state index contributed by atoms with van der Waals surface area (Å²) in [5, 5.41) is 3.39. The molecule has 6 heteroatoms. The Labute approximate surface area is 121 Å². The summed E-state index contributed by atoms with van der Waals surface area (Å²) >= 11 is 0. The number of nitrogen functional groups attached to an aromatic ring is 1. The zero-order valence-corrected chi connectivity index (χ0v) is 13.0. The summed E-state index contributed by atoms with van der Waals surface area (Å²) < 4.78 is 26.5. The Morgan fingerprint density at radius 3 is 2.55 bits per heavy atom. The Bertz CT molecular complexity index is 592. The van der Waals surface area contributed by atoms with Gasteiger partial charge in [0.1, 0.15) is 0 Å². The molecule has 0 aromatic heterocycles. The third-order valence-corrected chi connectivity index (χ3v) is 5.27. The highest BCUT2D eigenvalue weighted by Crippen LogP contribution is 2.42. The Morgan fingerprint density at radius 2 is 2.00 bits per heavy atom. The number of nitrogens with two attached hydrogens (primary N) is 1. The molecule has 1 aromatic carbocycles. The summed E-state index contributed by atoms with van der Waals surface area (Å²) in [4.78, 5) is 0.239. The predicted octanol–water partition coefficient (Wildman–Crippen LogP) is 2.17. The Morgan fingerprint density at radius 1 is 1.35 bits per heavy atom. The van der Waals surface area contributed by atoms with Crippen LogP contribution < -0.4 is 15.8 Å². The molecule has 1 aromatic rings. The van der Waals surface area contributed by atoms with Gasteiger partial charge in [-0.1, -0.05) is 6.92 Å². The van der Waals surface area contributed by atoms with Crippen LogP contribution in [-0.2, 0) is 10.0 Å². The van der Waals surface area contributed by atoms with Crippen LogP contribution >= 0.6 is 0 Å². The number of benzene rings is 1. The van der Waals surface area contributed by atoms with Gasteiger partial charge in [0.05, 0.1) is 16.3 Å². The van der Waals surface area contributed by atoms with E-state index in [1.54, 1.807) is 19.1 Å². The molecule has 0 aliphatic heterocycles. The molecule has 1 saturated carbocycles. The van der Waals surface area contributed by atoms with Crippen LogP contribution in [-0.4, -0.2) is 20.5 Å². The Hall–Kier alpha value is -1.27. The van der Waals surface area contributed by atoms with Gasteiger partial charge in [-0.3, -0.25) is 0 Å². The summed E-state index contributed by atoms with van der Waals surface area (Å²) in [5.74, 6) is 0.621. The van der Waals surface area contributed by atoms with Gasteiger partial charge in [-0.25, -0.2) is 13.1 Å². The van der Waals surface area contributed by atoms with Crippen molar-refractivity contribution in [3.63, 3.8) is 0 Å². The van der Waals surface area contributed by atoms with Crippen LogP contribution in [0.25, 0.3) is 0 Å². The lowest BCUT2D eigenvalue weighted by molar-refractivity contribution is 0.494. The number of anilines is 2. The normalized spacial score (nSPS) is 16.1. The van der Waals surface area contributed by atoms with Crippen molar-refractivity contribution < 1.29 is 8.42 Å². The van der Waals surface area contributed by atoms with Crippen molar-refractivity contribution >= 4 is 21.4 Å². The van der Waals surface area contributed by atoms with Gasteiger partial charge in [-0.2, -0.15) is 0 Å². The van der Waals surface area contributed by atoms with Gasteiger partial charge in [0.15, 0.2) is 0 Å². The molecule has 112 valence electrons. The summed E-state index contributed by atoms with van der Waals surface area (Å²) in [5.41, 5.74) is 7.13. The number of nitrogens with one attached hydrogen (secondary N) is 2. The lowest BCUT2D eigenvalue weighted by Gasteiger charge is -2.28. The van der Waals surface area contributed by atoms with Gasteiger partial charge in [0.2, 0.25) is 10.0 Å². The van der Waals surface area contributed by atoms with Crippen molar-refractivity contribution in [3.05, 3.63) is 18.2 Å². The second-order valence-corrected chi connectivity index (χ2v) is 7.64. The van der Waals surface area contributed by atoms with Crippen molar-refractivity contribution in [2.24, 2.45) is 5.92 Å². The molecule has 0 atom stereocenters.